The Morgan fingerprint density at radius 3 is 2.22 bits per heavy atom. The molecule has 0 bridgehead atoms. The number of nitrogens with one attached hydrogen (secondary N) is 1. The summed E-state index contributed by atoms with van der Waals surface area (Å²) in [5, 5.41) is 2.02. The van der Waals surface area contributed by atoms with Crippen LogP contribution in [0.3, 0.4) is 0 Å². The van der Waals surface area contributed by atoms with Gasteiger partial charge < -0.3 is 10.2 Å². The van der Waals surface area contributed by atoms with Crippen molar-refractivity contribution in [2.45, 2.75) is 43.9 Å². The highest BCUT2D eigenvalue weighted by Crippen LogP contribution is 2.38. The van der Waals surface area contributed by atoms with Gasteiger partial charge in [-0.1, -0.05) is 48.9 Å². The topological polar surface area (TPSA) is 86.8 Å². The van der Waals surface area contributed by atoms with Crippen LogP contribution in [0.15, 0.2) is 77.7 Å². The van der Waals surface area contributed by atoms with Crippen LogP contribution in [-0.4, -0.2) is 44.3 Å². The van der Waals surface area contributed by atoms with Gasteiger partial charge in [0.1, 0.15) is 18.4 Å². The number of carbonyl (C=O) groups is 2. The first-order chi connectivity index (χ1) is 19.3. The average molecular weight is 614 g/mol. The summed E-state index contributed by atoms with van der Waals surface area (Å²) in [5.41, 5.74) is -1.30. The molecule has 13 heteroatoms. The number of amides is 2. The van der Waals surface area contributed by atoms with Crippen LogP contribution in [0.4, 0.5) is 23.2 Å². The van der Waals surface area contributed by atoms with Gasteiger partial charge in [0, 0.05) is 13.1 Å². The van der Waals surface area contributed by atoms with E-state index < -0.39 is 62.7 Å². The van der Waals surface area contributed by atoms with Gasteiger partial charge in [-0.3, -0.25) is 13.9 Å². The minimum absolute atomic E-state index is 0.201. The molecule has 0 aliphatic carbocycles. The molecular weight excluding hydrogens is 586 g/mol. The summed E-state index contributed by atoms with van der Waals surface area (Å²) < 4.78 is 82.5. The number of halogens is 5. The Labute approximate surface area is 240 Å². The molecule has 0 aromatic heterocycles. The molecular formula is C28H28ClF4N3O4S. The van der Waals surface area contributed by atoms with Crippen molar-refractivity contribution in [3.05, 3.63) is 94.8 Å². The maximum Gasteiger partial charge on any atom is 0.417 e. The lowest BCUT2D eigenvalue weighted by Gasteiger charge is -2.32. The summed E-state index contributed by atoms with van der Waals surface area (Å²) in [6.07, 6.45) is -4.29. The molecule has 0 spiro atoms. The SMILES string of the molecule is CCCNC(=O)C(C)N(Cc1ccc(F)cc1)C(=O)CN(c1ccc(Cl)c(C(F)(F)F)c1)S(=O)(=O)c1ccccc1. The van der Waals surface area contributed by atoms with Crippen molar-refractivity contribution in [3.8, 4) is 0 Å². The molecule has 0 aliphatic heterocycles. The van der Waals surface area contributed by atoms with Gasteiger partial charge >= 0.3 is 6.18 Å². The Bertz CT molecular complexity index is 1470. The third kappa shape index (κ3) is 7.98. The zero-order chi connectivity index (χ0) is 30.4. The van der Waals surface area contributed by atoms with E-state index in [-0.39, 0.29) is 11.4 Å². The summed E-state index contributed by atoms with van der Waals surface area (Å²) in [6, 6.07) is 13.4. The van der Waals surface area contributed by atoms with E-state index in [1.54, 1.807) is 6.07 Å². The monoisotopic (exact) mass is 613 g/mol. The highest BCUT2D eigenvalue weighted by atomic mass is 35.5. The van der Waals surface area contributed by atoms with E-state index in [9.17, 15) is 35.6 Å². The Morgan fingerprint density at radius 2 is 1.63 bits per heavy atom. The van der Waals surface area contributed by atoms with Gasteiger partial charge in [-0.2, -0.15) is 13.2 Å². The molecule has 0 aliphatic rings. The zero-order valence-electron chi connectivity index (χ0n) is 22.2. The molecule has 41 heavy (non-hydrogen) atoms. The fraction of sp³-hybridized carbons (Fsp3) is 0.286. The van der Waals surface area contributed by atoms with E-state index in [0.717, 1.165) is 17.0 Å². The second-order valence-corrected chi connectivity index (χ2v) is 11.4. The predicted octanol–water partition coefficient (Wildman–Crippen LogP) is 5.64. The summed E-state index contributed by atoms with van der Waals surface area (Å²) >= 11 is 5.76. The molecule has 0 radical (unpaired) electrons. The Morgan fingerprint density at radius 1 is 1.00 bits per heavy atom. The number of sulfonamides is 1. The van der Waals surface area contributed by atoms with Crippen molar-refractivity contribution in [2.24, 2.45) is 0 Å². The van der Waals surface area contributed by atoms with Crippen LogP contribution in [0, 0.1) is 5.82 Å². The number of carbonyl (C=O) groups excluding carboxylic acids is 2. The van der Waals surface area contributed by atoms with Crippen LogP contribution in [0.1, 0.15) is 31.4 Å². The fourth-order valence-corrected chi connectivity index (χ4v) is 5.55. The molecule has 0 fully saturated rings. The van der Waals surface area contributed by atoms with E-state index in [1.165, 1.54) is 55.5 Å². The van der Waals surface area contributed by atoms with Crippen LogP contribution < -0.4 is 9.62 Å². The first kappa shape index (κ1) is 31.9. The van der Waals surface area contributed by atoms with Gasteiger partial charge in [-0.25, -0.2) is 12.8 Å². The molecule has 3 rings (SSSR count). The van der Waals surface area contributed by atoms with Crippen molar-refractivity contribution >= 4 is 39.1 Å². The van der Waals surface area contributed by atoms with Gasteiger partial charge in [-0.05, 0) is 61.4 Å². The van der Waals surface area contributed by atoms with Crippen molar-refractivity contribution < 1.29 is 35.6 Å². The zero-order valence-corrected chi connectivity index (χ0v) is 23.7. The number of hydrogen-bond acceptors (Lipinski definition) is 4. The number of nitrogens with zero attached hydrogens (tertiary/aromatic N) is 2. The van der Waals surface area contributed by atoms with Crippen LogP contribution in [-0.2, 0) is 32.3 Å². The fourth-order valence-electron chi connectivity index (χ4n) is 3.90. The summed E-state index contributed by atoms with van der Waals surface area (Å²) in [5.74, 6) is -1.93. The molecule has 1 atom stereocenters. The molecule has 3 aromatic rings. The van der Waals surface area contributed by atoms with Crippen LogP contribution in [0.2, 0.25) is 5.02 Å². The molecule has 0 heterocycles. The van der Waals surface area contributed by atoms with Crippen molar-refractivity contribution in [2.75, 3.05) is 17.4 Å². The molecule has 1 unspecified atom stereocenters. The van der Waals surface area contributed by atoms with E-state index in [0.29, 0.717) is 28.9 Å². The van der Waals surface area contributed by atoms with Crippen LogP contribution in [0.25, 0.3) is 0 Å². The van der Waals surface area contributed by atoms with Crippen molar-refractivity contribution in [1.29, 1.82) is 0 Å². The highest BCUT2D eigenvalue weighted by Gasteiger charge is 2.36. The number of benzene rings is 3. The third-order valence-corrected chi connectivity index (χ3v) is 8.25. The number of anilines is 1. The van der Waals surface area contributed by atoms with Gasteiger partial charge in [0.2, 0.25) is 11.8 Å². The number of hydrogen-bond donors (Lipinski definition) is 1. The average Bonchev–Trinajstić information content (AvgIpc) is 2.94. The summed E-state index contributed by atoms with van der Waals surface area (Å²) in [4.78, 5) is 27.4. The Kier molecular flexibility index (Phi) is 10.4. The maximum atomic E-state index is 13.8. The molecule has 7 nitrogen and oxygen atoms in total. The Balaban J connectivity index is 2.09. The van der Waals surface area contributed by atoms with Gasteiger partial charge in [0.15, 0.2) is 0 Å². The van der Waals surface area contributed by atoms with Crippen molar-refractivity contribution in [1.82, 2.24) is 10.2 Å². The van der Waals surface area contributed by atoms with Crippen molar-refractivity contribution in [3.63, 3.8) is 0 Å². The largest absolute Gasteiger partial charge is 0.417 e. The van der Waals surface area contributed by atoms with Crippen LogP contribution >= 0.6 is 11.6 Å². The Hall–Kier alpha value is -3.64. The first-order valence-electron chi connectivity index (χ1n) is 12.5. The minimum Gasteiger partial charge on any atom is -0.354 e. The quantitative estimate of drug-likeness (QED) is 0.284. The normalized spacial score (nSPS) is 12.5. The number of rotatable bonds is 11. The lowest BCUT2D eigenvalue weighted by molar-refractivity contribution is -0.139. The summed E-state index contributed by atoms with van der Waals surface area (Å²) in [6.45, 7) is 2.45. The predicted molar refractivity (Wildman–Crippen MR) is 147 cm³/mol. The minimum atomic E-state index is -4.90. The highest BCUT2D eigenvalue weighted by molar-refractivity contribution is 7.92. The second-order valence-electron chi connectivity index (χ2n) is 9.10. The van der Waals surface area contributed by atoms with Crippen LogP contribution in [0.5, 0.6) is 0 Å². The third-order valence-electron chi connectivity index (χ3n) is 6.14. The molecule has 220 valence electrons. The smallest absolute Gasteiger partial charge is 0.354 e. The van der Waals surface area contributed by atoms with Gasteiger partial charge in [-0.15, -0.1) is 0 Å². The molecule has 0 saturated heterocycles. The first-order valence-corrected chi connectivity index (χ1v) is 14.3. The van der Waals surface area contributed by atoms with E-state index in [2.05, 4.69) is 5.32 Å². The van der Waals surface area contributed by atoms with E-state index >= 15 is 0 Å². The molecule has 0 saturated carbocycles. The molecule has 2 amide bonds. The molecule has 3 aromatic carbocycles. The van der Waals surface area contributed by atoms with Gasteiger partial charge in [0.05, 0.1) is 21.2 Å². The van der Waals surface area contributed by atoms with Gasteiger partial charge in [0.25, 0.3) is 10.0 Å². The summed E-state index contributed by atoms with van der Waals surface area (Å²) in [7, 11) is -4.57. The molecule has 1 N–H and O–H groups in total. The van der Waals surface area contributed by atoms with E-state index in [1.807, 2.05) is 6.92 Å². The standard InChI is InChI=1S/C28H28ClF4N3O4S/c1-3-15-34-27(38)19(2)35(17-20-9-11-21(30)12-10-20)26(37)18-36(41(39,40)23-7-5-4-6-8-23)22-13-14-25(29)24(16-22)28(31,32)33/h4-14,16,19H,3,15,17-18H2,1-2H3,(H,34,38). The lowest BCUT2D eigenvalue weighted by atomic mass is 10.1. The van der Waals surface area contributed by atoms with E-state index in [4.69, 9.17) is 11.6 Å². The number of alkyl halides is 3. The second kappa shape index (κ2) is 13.3. The maximum absolute atomic E-state index is 13.8. The lowest BCUT2D eigenvalue weighted by Crippen LogP contribution is -2.51.